The number of thioether (sulfide) groups is 1. The summed E-state index contributed by atoms with van der Waals surface area (Å²) in [6, 6.07) is 10.4. The van der Waals surface area contributed by atoms with Gasteiger partial charge in [-0.1, -0.05) is 42.1 Å². The van der Waals surface area contributed by atoms with Crippen LogP contribution >= 0.6 is 11.8 Å². The Morgan fingerprint density at radius 1 is 1.25 bits per heavy atom. The maximum Gasteiger partial charge on any atom is 0.208 e. The third-order valence-electron chi connectivity index (χ3n) is 2.66. The van der Waals surface area contributed by atoms with Crippen LogP contribution in [0.5, 0.6) is 0 Å². The fourth-order valence-corrected chi connectivity index (χ4v) is 2.35. The van der Waals surface area contributed by atoms with E-state index in [2.05, 4.69) is 39.4 Å². The third kappa shape index (κ3) is 2.27. The van der Waals surface area contributed by atoms with Crippen LogP contribution < -0.4 is 0 Å². The molecule has 1 aromatic heterocycles. The van der Waals surface area contributed by atoms with Crippen molar-refractivity contribution in [2.24, 2.45) is 0 Å². The first-order valence-electron chi connectivity index (χ1n) is 5.51. The van der Waals surface area contributed by atoms with E-state index in [4.69, 9.17) is 0 Å². The molecule has 3 rings (SSSR count). The van der Waals surface area contributed by atoms with Crippen molar-refractivity contribution in [3.63, 3.8) is 0 Å². The summed E-state index contributed by atoms with van der Waals surface area (Å²) in [6.07, 6.45) is 2.52. The van der Waals surface area contributed by atoms with Crippen LogP contribution in [0.25, 0.3) is 0 Å². The number of nitrogens with zero attached hydrogens (tertiary/aromatic N) is 2. The fourth-order valence-electron chi connectivity index (χ4n) is 1.58. The molecule has 0 unspecified atom stereocenters. The molecule has 1 aromatic carbocycles. The molecule has 0 spiro atoms. The third-order valence-corrected chi connectivity index (χ3v) is 3.58. The quantitative estimate of drug-likeness (QED) is 0.822. The van der Waals surface area contributed by atoms with Crippen LogP contribution in [0.15, 0.2) is 35.5 Å². The number of H-pyrrole nitrogens is 1. The van der Waals surface area contributed by atoms with Gasteiger partial charge < -0.3 is 0 Å². The van der Waals surface area contributed by atoms with Crippen molar-refractivity contribution < 1.29 is 0 Å². The first-order valence-corrected chi connectivity index (χ1v) is 6.49. The highest BCUT2D eigenvalue weighted by molar-refractivity contribution is 7.98. The van der Waals surface area contributed by atoms with E-state index in [1.807, 2.05) is 6.07 Å². The van der Waals surface area contributed by atoms with Gasteiger partial charge in [-0.2, -0.15) is 0 Å². The van der Waals surface area contributed by atoms with Crippen molar-refractivity contribution in [1.82, 2.24) is 15.2 Å². The molecule has 0 atom stereocenters. The lowest BCUT2D eigenvalue weighted by atomic mass is 10.2. The van der Waals surface area contributed by atoms with Gasteiger partial charge >= 0.3 is 0 Å². The smallest absolute Gasteiger partial charge is 0.208 e. The Balaban J connectivity index is 1.61. The maximum atomic E-state index is 4.48. The van der Waals surface area contributed by atoms with Gasteiger partial charge in [0, 0.05) is 11.7 Å². The van der Waals surface area contributed by atoms with Gasteiger partial charge in [0.1, 0.15) is 5.82 Å². The summed E-state index contributed by atoms with van der Waals surface area (Å²) in [5.74, 6) is 2.65. The van der Waals surface area contributed by atoms with Gasteiger partial charge in [0.15, 0.2) is 0 Å². The summed E-state index contributed by atoms with van der Waals surface area (Å²) >= 11 is 1.69. The van der Waals surface area contributed by atoms with E-state index in [9.17, 15) is 0 Å². The molecule has 1 saturated carbocycles. The number of rotatable bonds is 4. The summed E-state index contributed by atoms with van der Waals surface area (Å²) in [6.45, 7) is 0. The average molecular weight is 231 g/mol. The highest BCUT2D eigenvalue weighted by Crippen LogP contribution is 2.38. The van der Waals surface area contributed by atoms with Gasteiger partial charge in [0.2, 0.25) is 5.16 Å². The van der Waals surface area contributed by atoms with Crippen molar-refractivity contribution in [2.45, 2.75) is 29.7 Å². The number of hydrogen-bond acceptors (Lipinski definition) is 3. The zero-order valence-electron chi connectivity index (χ0n) is 8.89. The molecule has 1 aliphatic rings. The second-order valence-corrected chi connectivity index (χ2v) is 4.99. The van der Waals surface area contributed by atoms with Crippen LogP contribution in [0.2, 0.25) is 0 Å². The first-order chi connectivity index (χ1) is 7.92. The van der Waals surface area contributed by atoms with E-state index >= 15 is 0 Å². The second kappa shape index (κ2) is 4.29. The van der Waals surface area contributed by atoms with Gasteiger partial charge in [-0.15, -0.1) is 5.10 Å². The second-order valence-electron chi connectivity index (χ2n) is 4.05. The Labute approximate surface area is 98.7 Å². The molecule has 82 valence electrons. The average Bonchev–Trinajstić information content (AvgIpc) is 3.08. The van der Waals surface area contributed by atoms with E-state index in [1.165, 1.54) is 18.4 Å². The van der Waals surface area contributed by atoms with Crippen LogP contribution in [0.4, 0.5) is 0 Å². The van der Waals surface area contributed by atoms with Crippen LogP contribution in [-0.2, 0) is 5.75 Å². The molecule has 2 aromatic rings. The van der Waals surface area contributed by atoms with Gasteiger partial charge in [0.25, 0.3) is 0 Å². The largest absolute Gasteiger partial charge is 0.262 e. The predicted molar refractivity (Wildman–Crippen MR) is 64.4 cm³/mol. The lowest BCUT2D eigenvalue weighted by Gasteiger charge is -1.96. The lowest BCUT2D eigenvalue weighted by Crippen LogP contribution is -1.82. The van der Waals surface area contributed by atoms with Crippen molar-refractivity contribution in [3.8, 4) is 0 Å². The summed E-state index contributed by atoms with van der Waals surface area (Å²) in [5.41, 5.74) is 1.31. The number of aromatic amines is 1. The van der Waals surface area contributed by atoms with Crippen molar-refractivity contribution in [3.05, 3.63) is 41.7 Å². The predicted octanol–water partition coefficient (Wildman–Crippen LogP) is 2.97. The van der Waals surface area contributed by atoms with Gasteiger partial charge in [0.05, 0.1) is 0 Å². The number of nitrogens with one attached hydrogen (secondary N) is 1. The van der Waals surface area contributed by atoms with Crippen molar-refractivity contribution >= 4 is 11.8 Å². The molecule has 0 aliphatic heterocycles. The summed E-state index contributed by atoms with van der Waals surface area (Å²) < 4.78 is 0. The van der Waals surface area contributed by atoms with Crippen LogP contribution in [0.3, 0.4) is 0 Å². The SMILES string of the molecule is c1ccc(CSc2n[nH]c(C3CC3)n2)cc1. The molecule has 3 nitrogen and oxygen atoms in total. The maximum absolute atomic E-state index is 4.48. The normalized spacial score (nSPS) is 15.2. The zero-order valence-corrected chi connectivity index (χ0v) is 9.70. The standard InChI is InChI=1S/C12H13N3S/c1-2-4-9(5-3-1)8-16-12-13-11(14-15-12)10-6-7-10/h1-5,10H,6-8H2,(H,13,14,15). The number of aromatic nitrogens is 3. The Bertz CT molecular complexity index is 462. The first kappa shape index (κ1) is 9.90. The minimum Gasteiger partial charge on any atom is -0.262 e. The highest BCUT2D eigenvalue weighted by atomic mass is 32.2. The van der Waals surface area contributed by atoms with E-state index in [1.54, 1.807) is 11.8 Å². The Morgan fingerprint density at radius 2 is 2.06 bits per heavy atom. The Kier molecular flexibility index (Phi) is 2.66. The fraction of sp³-hybridized carbons (Fsp3) is 0.333. The summed E-state index contributed by atoms with van der Waals surface area (Å²) in [5, 5.41) is 8.11. The molecule has 1 N–H and O–H groups in total. The monoisotopic (exact) mass is 231 g/mol. The number of benzene rings is 1. The van der Waals surface area contributed by atoms with E-state index in [0.717, 1.165) is 16.7 Å². The highest BCUT2D eigenvalue weighted by Gasteiger charge is 2.27. The van der Waals surface area contributed by atoms with E-state index < -0.39 is 0 Å². The molecule has 0 radical (unpaired) electrons. The molecule has 0 saturated heterocycles. The van der Waals surface area contributed by atoms with Gasteiger partial charge in [-0.25, -0.2) is 4.98 Å². The van der Waals surface area contributed by atoms with Crippen molar-refractivity contribution in [1.29, 1.82) is 0 Å². The molecule has 0 bridgehead atoms. The Morgan fingerprint density at radius 3 is 2.81 bits per heavy atom. The molecule has 1 fully saturated rings. The lowest BCUT2D eigenvalue weighted by molar-refractivity contribution is 0.932. The molecular formula is C12H13N3S. The summed E-state index contributed by atoms with van der Waals surface area (Å²) in [7, 11) is 0. The van der Waals surface area contributed by atoms with Gasteiger partial charge in [-0.05, 0) is 18.4 Å². The molecule has 0 amide bonds. The molecule has 1 heterocycles. The minimum atomic E-state index is 0.651. The van der Waals surface area contributed by atoms with Crippen LogP contribution in [0, 0.1) is 0 Å². The zero-order chi connectivity index (χ0) is 10.8. The summed E-state index contributed by atoms with van der Waals surface area (Å²) in [4.78, 5) is 4.48. The minimum absolute atomic E-state index is 0.651. The van der Waals surface area contributed by atoms with E-state index in [-0.39, 0.29) is 0 Å². The molecular weight excluding hydrogens is 218 g/mol. The van der Waals surface area contributed by atoms with Crippen molar-refractivity contribution in [2.75, 3.05) is 0 Å². The van der Waals surface area contributed by atoms with Crippen LogP contribution in [0.1, 0.15) is 30.1 Å². The topological polar surface area (TPSA) is 41.6 Å². The Hall–Kier alpha value is -1.29. The molecule has 4 heteroatoms. The van der Waals surface area contributed by atoms with E-state index in [0.29, 0.717) is 5.92 Å². The molecule has 16 heavy (non-hydrogen) atoms. The van der Waals surface area contributed by atoms with Gasteiger partial charge in [-0.3, -0.25) is 5.10 Å². The van der Waals surface area contributed by atoms with Crippen LogP contribution in [-0.4, -0.2) is 15.2 Å². The molecule has 1 aliphatic carbocycles. The number of hydrogen-bond donors (Lipinski definition) is 1.